The van der Waals surface area contributed by atoms with Crippen molar-refractivity contribution in [3.8, 4) is 0 Å². The summed E-state index contributed by atoms with van der Waals surface area (Å²) in [6.45, 7) is 3.18. The Morgan fingerprint density at radius 2 is 1.96 bits per heavy atom. The fourth-order valence-electron chi connectivity index (χ4n) is 2.01. The summed E-state index contributed by atoms with van der Waals surface area (Å²) >= 11 is 0. The molecule has 9 heteroatoms. The van der Waals surface area contributed by atoms with Crippen LogP contribution in [0.5, 0.6) is 0 Å². The first-order valence-corrected chi connectivity index (χ1v) is 6.64. The predicted molar refractivity (Wildman–Crippen MR) is 80.4 cm³/mol. The van der Waals surface area contributed by atoms with Gasteiger partial charge >= 0.3 is 11.8 Å². The van der Waals surface area contributed by atoms with Gasteiger partial charge in [-0.05, 0) is 43.0 Å². The molecule has 2 aromatic rings. The van der Waals surface area contributed by atoms with Crippen molar-refractivity contribution in [2.45, 2.75) is 19.9 Å². The van der Waals surface area contributed by atoms with E-state index in [1.54, 1.807) is 13.8 Å². The van der Waals surface area contributed by atoms with E-state index in [1.807, 2.05) is 0 Å². The van der Waals surface area contributed by atoms with Crippen LogP contribution < -0.4 is 5.32 Å². The van der Waals surface area contributed by atoms with Crippen molar-refractivity contribution >= 4 is 23.4 Å². The highest BCUT2D eigenvalue weighted by atomic mass is 16.6. The number of hydrogen-bond acceptors (Lipinski definition) is 5. The minimum Gasteiger partial charge on any atom is -0.478 e. The van der Waals surface area contributed by atoms with Gasteiger partial charge in [-0.25, -0.2) is 4.79 Å². The first kappa shape index (κ1) is 16.1. The standard InChI is InChI=1S/C14H14N4O5/c1-8-7-12(18(22)23)16-17(8)9(2)13(19)15-11-5-3-10(4-6-11)14(20)21/h3-7,9H,1-2H3,(H,15,19)(H,20,21)/t9-/m1/s1. The zero-order chi connectivity index (χ0) is 17.1. The fraction of sp³-hybridized carbons (Fsp3) is 0.214. The maximum Gasteiger partial charge on any atom is 0.390 e. The summed E-state index contributed by atoms with van der Waals surface area (Å²) in [5, 5.41) is 25.9. The van der Waals surface area contributed by atoms with E-state index in [4.69, 9.17) is 5.11 Å². The van der Waals surface area contributed by atoms with E-state index in [0.717, 1.165) is 0 Å². The topological polar surface area (TPSA) is 127 Å². The van der Waals surface area contributed by atoms with E-state index in [0.29, 0.717) is 11.4 Å². The first-order valence-electron chi connectivity index (χ1n) is 6.64. The third kappa shape index (κ3) is 3.51. The highest BCUT2D eigenvalue weighted by Gasteiger charge is 2.24. The minimum absolute atomic E-state index is 0.106. The molecule has 0 aliphatic carbocycles. The number of carboxylic acid groups (broad SMARTS) is 1. The molecule has 0 aliphatic heterocycles. The van der Waals surface area contributed by atoms with Crippen LogP contribution in [0, 0.1) is 17.0 Å². The van der Waals surface area contributed by atoms with E-state index in [-0.39, 0.29) is 11.4 Å². The van der Waals surface area contributed by atoms with Crippen molar-refractivity contribution in [3.63, 3.8) is 0 Å². The molecule has 2 N–H and O–H groups in total. The minimum atomic E-state index is -1.06. The smallest absolute Gasteiger partial charge is 0.390 e. The van der Waals surface area contributed by atoms with Crippen molar-refractivity contribution < 1.29 is 19.6 Å². The van der Waals surface area contributed by atoms with Gasteiger partial charge < -0.3 is 20.5 Å². The van der Waals surface area contributed by atoms with Crippen molar-refractivity contribution in [3.05, 3.63) is 51.7 Å². The molecule has 0 saturated carbocycles. The molecule has 0 aliphatic rings. The second-order valence-electron chi connectivity index (χ2n) is 4.89. The van der Waals surface area contributed by atoms with Gasteiger partial charge in [-0.3, -0.25) is 4.79 Å². The summed E-state index contributed by atoms with van der Waals surface area (Å²) in [6.07, 6.45) is 0. The van der Waals surface area contributed by atoms with Gasteiger partial charge in [0.05, 0.1) is 22.4 Å². The molecule has 1 aromatic carbocycles. The van der Waals surface area contributed by atoms with Crippen molar-refractivity contribution in [2.75, 3.05) is 5.32 Å². The number of anilines is 1. The third-order valence-electron chi connectivity index (χ3n) is 3.24. The maximum atomic E-state index is 12.2. The molecule has 1 aromatic heterocycles. The molecule has 1 amide bonds. The zero-order valence-electron chi connectivity index (χ0n) is 12.4. The van der Waals surface area contributed by atoms with Crippen LogP contribution in [0.4, 0.5) is 11.5 Å². The molecule has 0 bridgehead atoms. The van der Waals surface area contributed by atoms with Crippen LogP contribution in [-0.4, -0.2) is 31.7 Å². The predicted octanol–water partition coefficient (Wildman–Crippen LogP) is 2.00. The van der Waals surface area contributed by atoms with Gasteiger partial charge in [0.15, 0.2) is 0 Å². The monoisotopic (exact) mass is 318 g/mol. The van der Waals surface area contributed by atoms with Gasteiger partial charge in [0.1, 0.15) is 6.04 Å². The quantitative estimate of drug-likeness (QED) is 0.641. The summed E-state index contributed by atoms with van der Waals surface area (Å²) in [4.78, 5) is 33.1. The number of carbonyl (C=O) groups is 2. The van der Waals surface area contributed by atoms with Gasteiger partial charge in [-0.2, -0.15) is 4.68 Å². The van der Waals surface area contributed by atoms with E-state index in [2.05, 4.69) is 10.4 Å². The number of amides is 1. The van der Waals surface area contributed by atoms with Crippen LogP contribution in [-0.2, 0) is 4.79 Å². The van der Waals surface area contributed by atoms with E-state index < -0.39 is 22.8 Å². The van der Waals surface area contributed by atoms with Gasteiger partial charge in [-0.15, -0.1) is 0 Å². The molecule has 120 valence electrons. The maximum absolute atomic E-state index is 12.2. The Balaban J connectivity index is 2.13. The van der Waals surface area contributed by atoms with Crippen LogP contribution in [0.15, 0.2) is 30.3 Å². The van der Waals surface area contributed by atoms with E-state index in [9.17, 15) is 19.7 Å². The van der Waals surface area contributed by atoms with Gasteiger partial charge in [-0.1, -0.05) is 0 Å². The van der Waals surface area contributed by atoms with E-state index >= 15 is 0 Å². The van der Waals surface area contributed by atoms with Crippen molar-refractivity contribution in [1.29, 1.82) is 0 Å². The zero-order valence-corrected chi connectivity index (χ0v) is 12.4. The van der Waals surface area contributed by atoms with Gasteiger partial charge in [0.25, 0.3) is 5.91 Å². The van der Waals surface area contributed by atoms with Gasteiger partial charge in [0, 0.05) is 5.69 Å². The number of aromatic nitrogens is 2. The number of aryl methyl sites for hydroxylation is 1. The molecular weight excluding hydrogens is 304 g/mol. The fourth-order valence-corrected chi connectivity index (χ4v) is 2.01. The lowest BCUT2D eigenvalue weighted by Crippen LogP contribution is -2.25. The second kappa shape index (κ2) is 6.26. The van der Waals surface area contributed by atoms with Crippen LogP contribution in [0.3, 0.4) is 0 Å². The van der Waals surface area contributed by atoms with Crippen molar-refractivity contribution in [1.82, 2.24) is 9.78 Å². The Morgan fingerprint density at radius 3 is 2.43 bits per heavy atom. The molecule has 9 nitrogen and oxygen atoms in total. The van der Waals surface area contributed by atoms with E-state index in [1.165, 1.54) is 35.0 Å². The SMILES string of the molecule is Cc1cc([N+](=O)[O-])nn1[C@H](C)C(=O)Nc1ccc(C(=O)O)cc1. The Hall–Kier alpha value is -3.23. The van der Waals surface area contributed by atoms with Crippen LogP contribution in [0.2, 0.25) is 0 Å². The van der Waals surface area contributed by atoms with Crippen LogP contribution in [0.25, 0.3) is 0 Å². The third-order valence-corrected chi connectivity index (χ3v) is 3.24. The number of carbonyl (C=O) groups excluding carboxylic acids is 1. The molecular formula is C14H14N4O5. The summed E-state index contributed by atoms with van der Waals surface area (Å²) in [5.74, 6) is -1.81. The lowest BCUT2D eigenvalue weighted by molar-refractivity contribution is -0.389. The number of hydrogen-bond donors (Lipinski definition) is 2. The lowest BCUT2D eigenvalue weighted by Gasteiger charge is -2.11. The van der Waals surface area contributed by atoms with Gasteiger partial charge in [0.2, 0.25) is 0 Å². The Labute approximate surface area is 130 Å². The summed E-state index contributed by atoms with van der Waals surface area (Å²) in [6, 6.07) is 6.19. The average Bonchev–Trinajstić information content (AvgIpc) is 2.89. The number of nitrogens with one attached hydrogen (secondary N) is 1. The van der Waals surface area contributed by atoms with Crippen LogP contribution >= 0.6 is 0 Å². The molecule has 23 heavy (non-hydrogen) atoms. The largest absolute Gasteiger partial charge is 0.478 e. The Bertz CT molecular complexity index is 766. The molecule has 0 fully saturated rings. The normalized spacial score (nSPS) is 11.7. The lowest BCUT2D eigenvalue weighted by atomic mass is 10.2. The molecule has 1 atom stereocenters. The molecule has 0 unspecified atom stereocenters. The number of rotatable bonds is 5. The second-order valence-corrected chi connectivity index (χ2v) is 4.89. The molecule has 0 radical (unpaired) electrons. The number of nitro groups is 1. The number of benzene rings is 1. The highest BCUT2D eigenvalue weighted by molar-refractivity contribution is 5.94. The molecule has 2 rings (SSSR count). The number of nitrogens with zero attached hydrogens (tertiary/aromatic N) is 3. The molecule has 0 saturated heterocycles. The first-order chi connectivity index (χ1) is 10.8. The number of aromatic carboxylic acids is 1. The summed E-state index contributed by atoms with van der Waals surface area (Å²) < 4.78 is 1.26. The Morgan fingerprint density at radius 1 is 1.35 bits per heavy atom. The average molecular weight is 318 g/mol. The number of carboxylic acids is 1. The summed E-state index contributed by atoms with van der Waals surface area (Å²) in [5.41, 5.74) is 1.02. The highest BCUT2D eigenvalue weighted by Crippen LogP contribution is 2.18. The summed E-state index contributed by atoms with van der Waals surface area (Å²) in [7, 11) is 0. The van der Waals surface area contributed by atoms with Crippen molar-refractivity contribution in [2.24, 2.45) is 0 Å². The van der Waals surface area contributed by atoms with Crippen LogP contribution in [0.1, 0.15) is 29.0 Å². The molecule has 0 spiro atoms. The molecule has 1 heterocycles. The Kier molecular flexibility index (Phi) is 4.39.